The molecule has 2 atom stereocenters. The van der Waals surface area contributed by atoms with Crippen LogP contribution in [-0.4, -0.2) is 42.3 Å². The number of amides is 1. The molecule has 2 aromatic rings. The number of carbonyl (C=O) groups excluding carboxylic acids is 1. The Balaban J connectivity index is 1.47. The van der Waals surface area contributed by atoms with Gasteiger partial charge in [-0.1, -0.05) is 36.9 Å². The number of thioether (sulfide) groups is 1. The van der Waals surface area contributed by atoms with Crippen LogP contribution < -0.4 is 10.6 Å². The summed E-state index contributed by atoms with van der Waals surface area (Å²) in [5.74, 6) is 0.116. The lowest BCUT2D eigenvalue weighted by Gasteiger charge is -2.12. The topological polar surface area (TPSA) is 87.6 Å². The number of nitrogens with one attached hydrogen (secondary N) is 2. The maximum atomic E-state index is 12.7. The maximum Gasteiger partial charge on any atom is 0.255 e. The minimum Gasteiger partial charge on any atom is -0.335 e. The number of anilines is 2. The van der Waals surface area contributed by atoms with Crippen LogP contribution in [0.5, 0.6) is 0 Å². The van der Waals surface area contributed by atoms with E-state index in [0.29, 0.717) is 10.7 Å². The number of benzene rings is 2. The van der Waals surface area contributed by atoms with Gasteiger partial charge in [0.05, 0.1) is 17.5 Å². The first-order chi connectivity index (χ1) is 13.8. The van der Waals surface area contributed by atoms with Crippen LogP contribution in [0.3, 0.4) is 0 Å². The molecule has 1 fully saturated rings. The van der Waals surface area contributed by atoms with E-state index in [-0.39, 0.29) is 28.7 Å². The van der Waals surface area contributed by atoms with Gasteiger partial charge in [0.2, 0.25) is 0 Å². The van der Waals surface area contributed by atoms with Gasteiger partial charge in [0.15, 0.2) is 15.0 Å². The Bertz CT molecular complexity index is 1080. The average Bonchev–Trinajstić information content (AvgIpc) is 3.16. The number of amidine groups is 1. The van der Waals surface area contributed by atoms with E-state index in [1.807, 2.05) is 37.3 Å². The van der Waals surface area contributed by atoms with E-state index in [2.05, 4.69) is 22.5 Å². The van der Waals surface area contributed by atoms with Gasteiger partial charge >= 0.3 is 0 Å². The molecule has 2 aromatic carbocycles. The zero-order valence-electron chi connectivity index (χ0n) is 16.3. The molecule has 2 N–H and O–H groups in total. The summed E-state index contributed by atoms with van der Waals surface area (Å²) in [4.78, 5) is 17.2. The molecule has 1 amide bonds. The minimum absolute atomic E-state index is 0.0135. The van der Waals surface area contributed by atoms with E-state index < -0.39 is 9.84 Å². The van der Waals surface area contributed by atoms with Crippen LogP contribution >= 0.6 is 11.8 Å². The van der Waals surface area contributed by atoms with Crippen molar-refractivity contribution >= 4 is 44.0 Å². The molecule has 0 radical (unpaired) electrons. The van der Waals surface area contributed by atoms with Crippen LogP contribution in [-0.2, 0) is 16.3 Å². The molecule has 6 nitrogen and oxygen atoms in total. The molecule has 2 heterocycles. The smallest absolute Gasteiger partial charge is 0.255 e. The number of aryl methyl sites for hydroxylation is 2. The molecule has 0 bridgehead atoms. The van der Waals surface area contributed by atoms with Crippen molar-refractivity contribution in [2.24, 2.45) is 4.99 Å². The fraction of sp³-hybridized carbons (Fsp3) is 0.333. The van der Waals surface area contributed by atoms with Crippen molar-refractivity contribution in [3.63, 3.8) is 0 Å². The van der Waals surface area contributed by atoms with Crippen molar-refractivity contribution in [3.8, 4) is 0 Å². The van der Waals surface area contributed by atoms with Gasteiger partial charge in [0, 0.05) is 22.2 Å². The zero-order valence-corrected chi connectivity index (χ0v) is 17.9. The second-order valence-electron chi connectivity index (χ2n) is 7.39. The van der Waals surface area contributed by atoms with Crippen LogP contribution in [0.15, 0.2) is 47.5 Å². The number of carbonyl (C=O) groups is 1. The lowest BCUT2D eigenvalue weighted by atomic mass is 10.1. The third-order valence-electron chi connectivity index (χ3n) is 5.18. The molecule has 0 unspecified atom stereocenters. The molecule has 152 valence electrons. The van der Waals surface area contributed by atoms with Gasteiger partial charge < -0.3 is 10.6 Å². The molecule has 0 aliphatic carbocycles. The van der Waals surface area contributed by atoms with Gasteiger partial charge in [-0.2, -0.15) is 0 Å². The largest absolute Gasteiger partial charge is 0.335 e. The van der Waals surface area contributed by atoms with E-state index in [1.54, 1.807) is 12.1 Å². The molecule has 2 aliphatic heterocycles. The first kappa shape index (κ1) is 20.0. The summed E-state index contributed by atoms with van der Waals surface area (Å²) in [7, 11) is -2.97. The van der Waals surface area contributed by atoms with E-state index >= 15 is 0 Å². The summed E-state index contributed by atoms with van der Waals surface area (Å²) in [6.07, 6.45) is 0.955. The first-order valence-corrected chi connectivity index (χ1v) is 12.3. The molecular formula is C21H23N3O3S2. The van der Waals surface area contributed by atoms with E-state index in [4.69, 9.17) is 0 Å². The van der Waals surface area contributed by atoms with Crippen LogP contribution in [0.4, 0.5) is 11.4 Å². The SMILES string of the molecule is CCc1ccc(NC(=O)c2ccc(C)c(NC3=N[C@H]4CS(=O)(=O)C[C@@H]4S3)c2)cc1. The molecule has 0 saturated carbocycles. The number of sulfone groups is 1. The fourth-order valence-corrected chi connectivity index (χ4v) is 7.12. The predicted octanol–water partition coefficient (Wildman–Crippen LogP) is 3.49. The van der Waals surface area contributed by atoms with Crippen LogP contribution in [0.1, 0.15) is 28.4 Å². The number of hydrogen-bond donors (Lipinski definition) is 2. The Morgan fingerprint density at radius 3 is 2.62 bits per heavy atom. The second kappa shape index (κ2) is 7.84. The van der Waals surface area contributed by atoms with E-state index in [9.17, 15) is 13.2 Å². The first-order valence-electron chi connectivity index (χ1n) is 9.56. The highest BCUT2D eigenvalue weighted by atomic mass is 32.2. The van der Waals surface area contributed by atoms with Gasteiger partial charge in [0.25, 0.3) is 5.91 Å². The van der Waals surface area contributed by atoms with Gasteiger partial charge in [-0.3, -0.25) is 9.79 Å². The van der Waals surface area contributed by atoms with Crippen molar-refractivity contribution in [3.05, 3.63) is 59.2 Å². The maximum absolute atomic E-state index is 12.7. The normalized spacial score (nSPS) is 22.1. The number of nitrogens with zero attached hydrogens (tertiary/aromatic N) is 1. The summed E-state index contributed by atoms with van der Waals surface area (Å²) >= 11 is 1.47. The predicted molar refractivity (Wildman–Crippen MR) is 120 cm³/mol. The standard InChI is InChI=1S/C21H23N3O3S2/c1-3-14-5-8-16(9-6-14)22-20(25)15-7-4-13(2)17(10-15)23-21-24-18-11-29(26,27)12-19(18)28-21/h4-10,18-19H,3,11-12H2,1-2H3,(H,22,25)(H,23,24)/t18-,19-/m0/s1. The molecule has 0 aromatic heterocycles. The number of rotatable bonds is 4. The molecule has 29 heavy (non-hydrogen) atoms. The summed E-state index contributed by atoms with van der Waals surface area (Å²) in [5, 5.41) is 6.90. The lowest BCUT2D eigenvalue weighted by molar-refractivity contribution is 0.102. The summed E-state index contributed by atoms with van der Waals surface area (Å²) in [6.45, 7) is 4.05. The van der Waals surface area contributed by atoms with Gasteiger partial charge in [0.1, 0.15) is 0 Å². The highest BCUT2D eigenvalue weighted by Gasteiger charge is 2.42. The van der Waals surface area contributed by atoms with E-state index in [0.717, 1.165) is 23.4 Å². The molecule has 4 rings (SSSR count). The third-order valence-corrected chi connectivity index (χ3v) is 8.32. The van der Waals surface area contributed by atoms with Crippen LogP contribution in [0.2, 0.25) is 0 Å². The minimum atomic E-state index is -2.97. The van der Waals surface area contributed by atoms with Gasteiger partial charge in [-0.15, -0.1) is 0 Å². The summed E-state index contributed by atoms with van der Waals surface area (Å²) in [5.41, 5.74) is 4.31. The fourth-order valence-electron chi connectivity index (χ4n) is 3.46. The second-order valence-corrected chi connectivity index (χ2v) is 10.8. The summed E-state index contributed by atoms with van der Waals surface area (Å²) < 4.78 is 23.4. The lowest BCUT2D eigenvalue weighted by Crippen LogP contribution is -2.14. The Labute approximate surface area is 175 Å². The Hall–Kier alpha value is -2.32. The Kier molecular flexibility index (Phi) is 5.40. The quantitative estimate of drug-likeness (QED) is 0.777. The Morgan fingerprint density at radius 1 is 1.17 bits per heavy atom. The molecule has 8 heteroatoms. The van der Waals surface area contributed by atoms with Gasteiger partial charge in [-0.05, 0) is 48.7 Å². The van der Waals surface area contributed by atoms with Crippen molar-refractivity contribution in [1.29, 1.82) is 0 Å². The van der Waals surface area contributed by atoms with Gasteiger partial charge in [-0.25, -0.2) is 8.42 Å². The van der Waals surface area contributed by atoms with Crippen LogP contribution in [0.25, 0.3) is 0 Å². The van der Waals surface area contributed by atoms with E-state index in [1.165, 1.54) is 17.3 Å². The van der Waals surface area contributed by atoms with Crippen molar-refractivity contribution in [2.45, 2.75) is 31.6 Å². The molecule has 0 spiro atoms. The third kappa shape index (κ3) is 4.48. The number of hydrogen-bond acceptors (Lipinski definition) is 6. The highest BCUT2D eigenvalue weighted by Crippen LogP contribution is 2.35. The van der Waals surface area contributed by atoms with Crippen molar-refractivity contribution in [2.75, 3.05) is 22.1 Å². The number of fused-ring (bicyclic) bond motifs is 1. The van der Waals surface area contributed by atoms with Crippen LogP contribution in [0, 0.1) is 6.92 Å². The zero-order chi connectivity index (χ0) is 20.6. The molecular weight excluding hydrogens is 406 g/mol. The molecule has 1 saturated heterocycles. The highest BCUT2D eigenvalue weighted by molar-refractivity contribution is 8.15. The van der Waals surface area contributed by atoms with Crippen molar-refractivity contribution < 1.29 is 13.2 Å². The monoisotopic (exact) mass is 429 g/mol. The average molecular weight is 430 g/mol. The molecule has 2 aliphatic rings. The van der Waals surface area contributed by atoms with Crippen molar-refractivity contribution in [1.82, 2.24) is 0 Å². The Morgan fingerprint density at radius 2 is 1.93 bits per heavy atom. The summed E-state index contributed by atoms with van der Waals surface area (Å²) in [6, 6.07) is 13.1. The number of aliphatic imine (C=N–C) groups is 1.